The second-order valence-electron chi connectivity index (χ2n) is 9.32. The standard InChI is InChI=1S/C26H37FN6S/c27-22-13-11-21(12-14-22)10-9-15-28-26(34)31-25-29-23(32-16-5-1-2-6-17-32)20-24(30-25)33-18-7-3-4-8-19-33/h11-14,20H,1-10,15-19H2,(H2,28,29,30,31,34). The van der Waals surface area contributed by atoms with Crippen molar-refractivity contribution < 1.29 is 4.39 Å². The molecule has 0 saturated carbocycles. The number of nitrogens with zero attached hydrogens (tertiary/aromatic N) is 4. The fourth-order valence-electron chi connectivity index (χ4n) is 4.69. The van der Waals surface area contributed by atoms with Crippen LogP contribution in [0.25, 0.3) is 0 Å². The number of rotatable bonds is 7. The molecule has 184 valence electrons. The van der Waals surface area contributed by atoms with Crippen LogP contribution in [0.5, 0.6) is 0 Å². The van der Waals surface area contributed by atoms with Crippen molar-refractivity contribution in [2.24, 2.45) is 0 Å². The smallest absolute Gasteiger partial charge is 0.232 e. The Labute approximate surface area is 208 Å². The van der Waals surface area contributed by atoms with Crippen LogP contribution in [-0.2, 0) is 6.42 Å². The molecule has 1 aromatic carbocycles. The largest absolute Gasteiger partial charge is 0.362 e. The maximum absolute atomic E-state index is 13.1. The Morgan fingerprint density at radius 2 is 1.35 bits per heavy atom. The highest BCUT2D eigenvalue weighted by molar-refractivity contribution is 7.80. The number of anilines is 3. The maximum atomic E-state index is 13.1. The van der Waals surface area contributed by atoms with Crippen LogP contribution < -0.4 is 20.4 Å². The van der Waals surface area contributed by atoms with Crippen LogP contribution in [0.15, 0.2) is 30.3 Å². The van der Waals surface area contributed by atoms with Gasteiger partial charge in [-0.1, -0.05) is 37.8 Å². The normalized spacial score (nSPS) is 17.1. The average molecular weight is 485 g/mol. The van der Waals surface area contributed by atoms with E-state index in [1.807, 2.05) is 12.1 Å². The zero-order valence-electron chi connectivity index (χ0n) is 20.1. The predicted molar refractivity (Wildman–Crippen MR) is 142 cm³/mol. The number of hydrogen-bond acceptors (Lipinski definition) is 5. The van der Waals surface area contributed by atoms with Crippen LogP contribution in [0, 0.1) is 5.82 Å². The average Bonchev–Trinajstić information content (AvgIpc) is 3.29. The minimum absolute atomic E-state index is 0.200. The summed E-state index contributed by atoms with van der Waals surface area (Å²) in [6.45, 7) is 4.90. The van der Waals surface area contributed by atoms with Gasteiger partial charge < -0.3 is 20.4 Å². The van der Waals surface area contributed by atoms with Crippen LogP contribution in [-0.4, -0.2) is 47.8 Å². The molecule has 0 amide bonds. The fourth-order valence-corrected chi connectivity index (χ4v) is 4.89. The van der Waals surface area contributed by atoms with Gasteiger partial charge in [-0.25, -0.2) is 4.39 Å². The van der Waals surface area contributed by atoms with Crippen molar-refractivity contribution in [1.82, 2.24) is 15.3 Å². The Bertz CT molecular complexity index is 868. The van der Waals surface area contributed by atoms with Gasteiger partial charge in [0.25, 0.3) is 0 Å². The summed E-state index contributed by atoms with van der Waals surface area (Å²) in [5.74, 6) is 2.36. The molecular formula is C26H37FN6S. The number of thiocarbonyl (C=S) groups is 1. The Kier molecular flexibility index (Phi) is 9.30. The van der Waals surface area contributed by atoms with Gasteiger partial charge in [0.15, 0.2) is 5.11 Å². The van der Waals surface area contributed by atoms with Gasteiger partial charge in [0, 0.05) is 38.8 Å². The zero-order chi connectivity index (χ0) is 23.6. The minimum Gasteiger partial charge on any atom is -0.362 e. The van der Waals surface area contributed by atoms with Crippen molar-refractivity contribution in [2.75, 3.05) is 47.8 Å². The molecule has 2 aliphatic rings. The van der Waals surface area contributed by atoms with Crippen LogP contribution in [0.1, 0.15) is 63.4 Å². The van der Waals surface area contributed by atoms with E-state index in [9.17, 15) is 4.39 Å². The van der Waals surface area contributed by atoms with Crippen LogP contribution in [0.3, 0.4) is 0 Å². The van der Waals surface area contributed by atoms with Gasteiger partial charge >= 0.3 is 0 Å². The first-order valence-electron chi connectivity index (χ1n) is 12.9. The first-order valence-corrected chi connectivity index (χ1v) is 13.3. The van der Waals surface area contributed by atoms with Crippen LogP contribution in [0.4, 0.5) is 22.0 Å². The van der Waals surface area contributed by atoms with Gasteiger partial charge in [0.2, 0.25) is 5.95 Å². The summed E-state index contributed by atoms with van der Waals surface area (Å²) < 4.78 is 13.1. The molecule has 2 N–H and O–H groups in total. The van der Waals surface area contributed by atoms with Gasteiger partial charge in [-0.05, 0) is 68.4 Å². The van der Waals surface area contributed by atoms with Crippen molar-refractivity contribution in [3.05, 3.63) is 41.7 Å². The monoisotopic (exact) mass is 484 g/mol. The highest BCUT2D eigenvalue weighted by Gasteiger charge is 2.18. The summed E-state index contributed by atoms with van der Waals surface area (Å²) in [4.78, 5) is 14.5. The van der Waals surface area contributed by atoms with Gasteiger partial charge in [-0.2, -0.15) is 9.97 Å². The van der Waals surface area contributed by atoms with Crippen molar-refractivity contribution >= 4 is 34.9 Å². The van der Waals surface area contributed by atoms with Crippen molar-refractivity contribution in [2.45, 2.75) is 64.2 Å². The second-order valence-corrected chi connectivity index (χ2v) is 9.73. The lowest BCUT2D eigenvalue weighted by Crippen LogP contribution is -2.32. The van der Waals surface area contributed by atoms with E-state index in [4.69, 9.17) is 22.2 Å². The molecule has 2 saturated heterocycles. The SMILES string of the molecule is Fc1ccc(CCCNC(=S)Nc2nc(N3CCCCCC3)cc(N3CCCCCC3)n2)cc1. The minimum atomic E-state index is -0.200. The first-order chi connectivity index (χ1) is 16.7. The highest BCUT2D eigenvalue weighted by atomic mass is 32.1. The molecule has 0 unspecified atom stereocenters. The quantitative estimate of drug-likeness (QED) is 0.409. The summed E-state index contributed by atoms with van der Waals surface area (Å²) in [6, 6.07) is 8.84. The molecule has 4 rings (SSSR count). The molecule has 3 heterocycles. The third kappa shape index (κ3) is 7.52. The lowest BCUT2D eigenvalue weighted by atomic mass is 10.1. The molecule has 0 atom stereocenters. The molecule has 2 fully saturated rings. The van der Waals surface area contributed by atoms with Gasteiger partial charge in [0.1, 0.15) is 17.5 Å². The van der Waals surface area contributed by atoms with E-state index in [2.05, 4.69) is 26.5 Å². The van der Waals surface area contributed by atoms with E-state index >= 15 is 0 Å². The Hall–Kier alpha value is -2.48. The zero-order valence-corrected chi connectivity index (χ0v) is 20.9. The number of aryl methyl sites for hydroxylation is 1. The molecule has 34 heavy (non-hydrogen) atoms. The molecule has 0 spiro atoms. The Balaban J connectivity index is 1.39. The molecular weight excluding hydrogens is 447 g/mol. The third-order valence-corrected chi connectivity index (χ3v) is 6.87. The van der Waals surface area contributed by atoms with E-state index in [1.54, 1.807) is 0 Å². The van der Waals surface area contributed by atoms with E-state index in [0.29, 0.717) is 11.1 Å². The predicted octanol–water partition coefficient (Wildman–Crippen LogP) is 5.30. The topological polar surface area (TPSA) is 56.3 Å². The molecule has 2 aliphatic heterocycles. The summed E-state index contributed by atoms with van der Waals surface area (Å²) in [5.41, 5.74) is 1.12. The summed E-state index contributed by atoms with van der Waals surface area (Å²) in [6.07, 6.45) is 11.8. The van der Waals surface area contributed by atoms with Crippen LogP contribution >= 0.6 is 12.2 Å². The number of hydrogen-bond donors (Lipinski definition) is 2. The van der Waals surface area contributed by atoms with Crippen LogP contribution in [0.2, 0.25) is 0 Å². The number of nitrogens with one attached hydrogen (secondary N) is 2. The Morgan fingerprint density at radius 1 is 0.824 bits per heavy atom. The fraction of sp³-hybridized carbons (Fsp3) is 0.577. The summed E-state index contributed by atoms with van der Waals surface area (Å²) in [5, 5.41) is 7.04. The maximum Gasteiger partial charge on any atom is 0.232 e. The molecule has 2 aromatic rings. The van der Waals surface area contributed by atoms with Gasteiger partial charge in [-0.15, -0.1) is 0 Å². The van der Waals surface area contributed by atoms with Crippen molar-refractivity contribution in [3.8, 4) is 0 Å². The van der Waals surface area contributed by atoms with E-state index in [0.717, 1.165) is 62.8 Å². The first kappa shape index (κ1) is 24.6. The third-order valence-electron chi connectivity index (χ3n) is 6.63. The number of aromatic nitrogens is 2. The number of benzene rings is 1. The lowest BCUT2D eigenvalue weighted by Gasteiger charge is -2.26. The molecule has 0 aliphatic carbocycles. The highest BCUT2D eigenvalue weighted by Crippen LogP contribution is 2.25. The van der Waals surface area contributed by atoms with E-state index in [1.165, 1.54) is 63.5 Å². The lowest BCUT2D eigenvalue weighted by molar-refractivity contribution is 0.626. The molecule has 0 bridgehead atoms. The molecule has 0 radical (unpaired) electrons. The van der Waals surface area contributed by atoms with E-state index < -0.39 is 0 Å². The van der Waals surface area contributed by atoms with Gasteiger partial charge in [-0.3, -0.25) is 0 Å². The van der Waals surface area contributed by atoms with Gasteiger partial charge in [0.05, 0.1) is 0 Å². The summed E-state index contributed by atoms with van der Waals surface area (Å²) in [7, 11) is 0. The summed E-state index contributed by atoms with van der Waals surface area (Å²) >= 11 is 5.55. The second kappa shape index (κ2) is 12.8. The van der Waals surface area contributed by atoms with E-state index in [-0.39, 0.29) is 5.82 Å². The van der Waals surface area contributed by atoms with Crippen molar-refractivity contribution in [1.29, 1.82) is 0 Å². The Morgan fingerprint density at radius 3 is 1.88 bits per heavy atom. The van der Waals surface area contributed by atoms with Crippen molar-refractivity contribution in [3.63, 3.8) is 0 Å². The molecule has 6 nitrogen and oxygen atoms in total. The molecule has 8 heteroatoms. The molecule has 1 aromatic heterocycles. The number of halogens is 1.